The molecule has 1 heterocycles. The molecule has 0 spiro atoms. The summed E-state index contributed by atoms with van der Waals surface area (Å²) in [5.41, 5.74) is 0. The van der Waals surface area contributed by atoms with Gasteiger partial charge in [-0.25, -0.2) is 0 Å². The number of rotatable bonds is 6. The maximum Gasteiger partial charge on any atom is 0.240 e. The van der Waals surface area contributed by atoms with E-state index in [0.29, 0.717) is 19.0 Å². The molecule has 2 N–H and O–H groups in total. The van der Waals surface area contributed by atoms with E-state index < -0.39 is 0 Å². The van der Waals surface area contributed by atoms with Gasteiger partial charge < -0.3 is 15.5 Å². The highest BCUT2D eigenvalue weighted by atomic mass is 16.2. The molecular formula is C14H27N3O2. The van der Waals surface area contributed by atoms with Gasteiger partial charge in [0, 0.05) is 13.1 Å². The van der Waals surface area contributed by atoms with Gasteiger partial charge in [-0.3, -0.25) is 9.59 Å². The third kappa shape index (κ3) is 4.82. The maximum atomic E-state index is 12.4. The summed E-state index contributed by atoms with van der Waals surface area (Å²) in [7, 11) is 0. The summed E-state index contributed by atoms with van der Waals surface area (Å²) in [5, 5.41) is 6.02. The molecule has 0 aromatic heterocycles. The molecule has 1 aliphatic heterocycles. The minimum atomic E-state index is -0.118. The monoisotopic (exact) mass is 269 g/mol. The van der Waals surface area contributed by atoms with E-state index >= 15 is 0 Å². The molecule has 1 fully saturated rings. The van der Waals surface area contributed by atoms with E-state index in [1.165, 1.54) is 0 Å². The van der Waals surface area contributed by atoms with Crippen molar-refractivity contribution in [3.8, 4) is 0 Å². The first-order chi connectivity index (χ1) is 9.12. The second kappa shape index (κ2) is 8.15. The smallest absolute Gasteiger partial charge is 0.240 e. The number of hydrogen-bond donors (Lipinski definition) is 2. The number of likely N-dealkylation sites (N-methyl/N-ethyl adjacent to an activating group) is 2. The van der Waals surface area contributed by atoms with Crippen molar-refractivity contribution in [1.29, 1.82) is 0 Å². The van der Waals surface area contributed by atoms with Crippen LogP contribution >= 0.6 is 0 Å². The minimum Gasteiger partial charge on any atom is -0.355 e. The van der Waals surface area contributed by atoms with Crippen LogP contribution in [0.5, 0.6) is 0 Å². The van der Waals surface area contributed by atoms with Crippen LogP contribution in [-0.4, -0.2) is 48.9 Å². The summed E-state index contributed by atoms with van der Waals surface area (Å²) in [6.07, 6.45) is 3.15. The number of nitrogens with zero attached hydrogens (tertiary/aromatic N) is 1. The topological polar surface area (TPSA) is 61.4 Å². The van der Waals surface area contributed by atoms with Gasteiger partial charge in [-0.1, -0.05) is 13.3 Å². The minimum absolute atomic E-state index is 0.0619. The Hall–Kier alpha value is -1.10. The van der Waals surface area contributed by atoms with Gasteiger partial charge in [0.15, 0.2) is 0 Å². The zero-order chi connectivity index (χ0) is 14.3. The van der Waals surface area contributed by atoms with E-state index in [9.17, 15) is 9.59 Å². The Kier molecular flexibility index (Phi) is 6.84. The first kappa shape index (κ1) is 16.0. The van der Waals surface area contributed by atoms with Crippen LogP contribution in [0.2, 0.25) is 0 Å². The molecule has 0 aromatic rings. The van der Waals surface area contributed by atoms with Gasteiger partial charge in [0.1, 0.15) is 0 Å². The third-order valence-corrected chi connectivity index (χ3v) is 3.79. The summed E-state index contributed by atoms with van der Waals surface area (Å²) >= 11 is 0. The molecule has 19 heavy (non-hydrogen) atoms. The van der Waals surface area contributed by atoms with Gasteiger partial charge in [0.05, 0.1) is 12.6 Å². The normalized spacial score (nSPS) is 22.9. The first-order valence-corrected chi connectivity index (χ1v) is 7.41. The molecule has 0 saturated carbocycles. The SMILES string of the molecule is CCNC(=O)CN(CC)C(=O)C1CC(CC)CCN1. The molecule has 1 rings (SSSR count). The Labute approximate surface area is 116 Å². The van der Waals surface area contributed by atoms with E-state index in [4.69, 9.17) is 0 Å². The van der Waals surface area contributed by atoms with Crippen LogP contribution < -0.4 is 10.6 Å². The van der Waals surface area contributed by atoms with Gasteiger partial charge in [0.2, 0.25) is 11.8 Å². The Morgan fingerprint density at radius 3 is 2.63 bits per heavy atom. The summed E-state index contributed by atoms with van der Waals surface area (Å²) in [6.45, 7) is 8.20. The Morgan fingerprint density at radius 2 is 2.05 bits per heavy atom. The van der Waals surface area contributed by atoms with Gasteiger partial charge >= 0.3 is 0 Å². The van der Waals surface area contributed by atoms with Crippen LogP contribution in [0, 0.1) is 5.92 Å². The number of amides is 2. The molecular weight excluding hydrogens is 242 g/mol. The van der Waals surface area contributed by atoms with E-state index in [-0.39, 0.29) is 24.4 Å². The van der Waals surface area contributed by atoms with Crippen molar-refractivity contribution in [2.24, 2.45) is 5.92 Å². The zero-order valence-corrected chi connectivity index (χ0v) is 12.4. The second-order valence-corrected chi connectivity index (χ2v) is 5.11. The van der Waals surface area contributed by atoms with Crippen molar-refractivity contribution in [2.45, 2.75) is 46.1 Å². The number of carbonyl (C=O) groups excluding carboxylic acids is 2. The lowest BCUT2D eigenvalue weighted by atomic mass is 9.90. The molecule has 1 aliphatic rings. The molecule has 110 valence electrons. The van der Waals surface area contributed by atoms with Crippen LogP contribution in [0.15, 0.2) is 0 Å². The van der Waals surface area contributed by atoms with Crippen molar-refractivity contribution in [1.82, 2.24) is 15.5 Å². The van der Waals surface area contributed by atoms with E-state index in [1.807, 2.05) is 13.8 Å². The molecule has 5 heteroatoms. The molecule has 0 radical (unpaired) electrons. The lowest BCUT2D eigenvalue weighted by molar-refractivity contribution is -0.138. The van der Waals surface area contributed by atoms with Gasteiger partial charge in [-0.05, 0) is 39.2 Å². The molecule has 2 atom stereocenters. The summed E-state index contributed by atoms with van der Waals surface area (Å²) in [4.78, 5) is 25.6. The highest BCUT2D eigenvalue weighted by Gasteiger charge is 2.29. The average molecular weight is 269 g/mol. The summed E-state index contributed by atoms with van der Waals surface area (Å²) < 4.78 is 0. The molecule has 0 aliphatic carbocycles. The Morgan fingerprint density at radius 1 is 1.32 bits per heavy atom. The Balaban J connectivity index is 2.54. The molecule has 0 aromatic carbocycles. The fourth-order valence-corrected chi connectivity index (χ4v) is 2.55. The molecule has 1 saturated heterocycles. The van der Waals surface area contributed by atoms with Crippen molar-refractivity contribution in [2.75, 3.05) is 26.2 Å². The van der Waals surface area contributed by atoms with E-state index in [1.54, 1.807) is 4.90 Å². The van der Waals surface area contributed by atoms with Crippen LogP contribution in [0.3, 0.4) is 0 Å². The lowest BCUT2D eigenvalue weighted by Gasteiger charge is -2.32. The Bertz CT molecular complexity index is 307. The fraction of sp³-hybridized carbons (Fsp3) is 0.857. The van der Waals surface area contributed by atoms with Crippen molar-refractivity contribution in [3.63, 3.8) is 0 Å². The van der Waals surface area contributed by atoms with E-state index in [2.05, 4.69) is 17.6 Å². The maximum absolute atomic E-state index is 12.4. The largest absolute Gasteiger partial charge is 0.355 e. The number of carbonyl (C=O) groups is 2. The van der Waals surface area contributed by atoms with Crippen molar-refractivity contribution < 1.29 is 9.59 Å². The summed E-state index contributed by atoms with van der Waals surface area (Å²) in [5.74, 6) is 0.603. The van der Waals surface area contributed by atoms with Crippen LogP contribution in [0.1, 0.15) is 40.0 Å². The highest BCUT2D eigenvalue weighted by molar-refractivity contribution is 5.87. The fourth-order valence-electron chi connectivity index (χ4n) is 2.55. The standard InChI is InChI=1S/C14H27N3O2/c1-4-11-7-8-16-12(9-11)14(19)17(6-3)10-13(18)15-5-2/h11-12,16H,4-10H2,1-3H3,(H,15,18). The number of nitrogens with one attached hydrogen (secondary N) is 2. The second-order valence-electron chi connectivity index (χ2n) is 5.11. The zero-order valence-electron chi connectivity index (χ0n) is 12.4. The van der Waals surface area contributed by atoms with Gasteiger partial charge in [-0.15, -0.1) is 0 Å². The van der Waals surface area contributed by atoms with E-state index in [0.717, 1.165) is 25.8 Å². The predicted molar refractivity (Wildman–Crippen MR) is 75.7 cm³/mol. The number of piperidine rings is 1. The van der Waals surface area contributed by atoms with Crippen molar-refractivity contribution in [3.05, 3.63) is 0 Å². The number of hydrogen-bond acceptors (Lipinski definition) is 3. The highest BCUT2D eigenvalue weighted by Crippen LogP contribution is 2.20. The molecule has 0 bridgehead atoms. The van der Waals surface area contributed by atoms with Crippen LogP contribution in [-0.2, 0) is 9.59 Å². The predicted octanol–water partition coefficient (Wildman–Crippen LogP) is 0.749. The van der Waals surface area contributed by atoms with Gasteiger partial charge in [-0.2, -0.15) is 0 Å². The summed E-state index contributed by atoms with van der Waals surface area (Å²) in [6, 6.07) is -0.118. The van der Waals surface area contributed by atoms with Crippen molar-refractivity contribution >= 4 is 11.8 Å². The first-order valence-electron chi connectivity index (χ1n) is 7.41. The quantitative estimate of drug-likeness (QED) is 0.748. The lowest BCUT2D eigenvalue weighted by Crippen LogP contribution is -2.52. The third-order valence-electron chi connectivity index (χ3n) is 3.79. The average Bonchev–Trinajstić information content (AvgIpc) is 2.44. The van der Waals surface area contributed by atoms with Crippen LogP contribution in [0.4, 0.5) is 0 Å². The van der Waals surface area contributed by atoms with Crippen LogP contribution in [0.25, 0.3) is 0 Å². The molecule has 2 amide bonds. The van der Waals surface area contributed by atoms with Gasteiger partial charge in [0.25, 0.3) is 0 Å². The molecule has 2 unspecified atom stereocenters. The molecule has 5 nitrogen and oxygen atoms in total.